The van der Waals surface area contributed by atoms with Gasteiger partial charge in [-0.2, -0.15) is 13.2 Å². The largest absolute Gasteiger partial charge is 0.416 e. The van der Waals surface area contributed by atoms with Gasteiger partial charge in [-0.05, 0) is 25.1 Å². The molecule has 0 saturated carbocycles. The topological polar surface area (TPSA) is 46.2 Å². The van der Waals surface area contributed by atoms with Gasteiger partial charge in [0.15, 0.2) is 0 Å². The summed E-state index contributed by atoms with van der Waals surface area (Å²) in [6.45, 7) is 1.49. The minimum absolute atomic E-state index is 0.00788. The molecule has 6 heteroatoms. The third-order valence-corrected chi connectivity index (χ3v) is 2.48. The van der Waals surface area contributed by atoms with E-state index in [1.165, 1.54) is 6.92 Å². The maximum absolute atomic E-state index is 12.4. The second kappa shape index (κ2) is 4.61. The quantitative estimate of drug-likeness (QED) is 0.851. The van der Waals surface area contributed by atoms with E-state index in [0.29, 0.717) is 0 Å². The van der Waals surface area contributed by atoms with Gasteiger partial charge in [0.1, 0.15) is 0 Å². The van der Waals surface area contributed by atoms with E-state index in [0.717, 1.165) is 18.2 Å². The molecule has 0 fully saturated rings. The number of alkyl halides is 3. The van der Waals surface area contributed by atoms with Gasteiger partial charge in [-0.3, -0.25) is 0 Å². The van der Waals surface area contributed by atoms with Crippen molar-refractivity contribution in [3.05, 3.63) is 34.3 Å². The highest BCUT2D eigenvalue weighted by Gasteiger charge is 2.31. The molecule has 0 aliphatic heterocycles. The van der Waals surface area contributed by atoms with E-state index in [1.54, 1.807) is 0 Å². The van der Waals surface area contributed by atoms with Crippen molar-refractivity contribution >= 4 is 11.6 Å². The van der Waals surface area contributed by atoms with Gasteiger partial charge in [0.05, 0.1) is 11.7 Å². The number of hydrogen-bond donors (Lipinski definition) is 2. The van der Waals surface area contributed by atoms with E-state index in [1.807, 2.05) is 0 Å². The van der Waals surface area contributed by atoms with Crippen LogP contribution in [-0.4, -0.2) is 11.1 Å². The third-order valence-electron chi connectivity index (χ3n) is 2.14. The standard InChI is InChI=1S/C10H11ClF3NO/c1-5(15)9(16)7-4-6(10(12,13)14)2-3-8(7)11/h2-5,9,16H,15H2,1H3/t5-,9-/m0/s1. The fourth-order valence-corrected chi connectivity index (χ4v) is 1.46. The van der Waals surface area contributed by atoms with Gasteiger partial charge in [-0.25, -0.2) is 0 Å². The Morgan fingerprint density at radius 1 is 1.38 bits per heavy atom. The third kappa shape index (κ3) is 2.87. The summed E-state index contributed by atoms with van der Waals surface area (Å²) in [5.41, 5.74) is 4.54. The fourth-order valence-electron chi connectivity index (χ4n) is 1.23. The summed E-state index contributed by atoms with van der Waals surface area (Å²) in [5.74, 6) is 0. The van der Waals surface area contributed by atoms with Gasteiger partial charge >= 0.3 is 6.18 Å². The number of aliphatic hydroxyl groups is 1. The Bertz CT molecular complexity index is 379. The first-order valence-corrected chi connectivity index (χ1v) is 4.91. The number of hydrogen-bond acceptors (Lipinski definition) is 2. The SMILES string of the molecule is C[C@H](N)[C@H](O)c1cc(C(F)(F)F)ccc1Cl. The predicted octanol–water partition coefficient (Wildman–Crippen LogP) is 2.74. The maximum atomic E-state index is 12.4. The summed E-state index contributed by atoms with van der Waals surface area (Å²) >= 11 is 5.70. The molecule has 0 aliphatic carbocycles. The molecule has 0 radical (unpaired) electrons. The Labute approximate surface area is 95.8 Å². The molecule has 1 aromatic rings. The zero-order valence-corrected chi connectivity index (χ0v) is 9.18. The van der Waals surface area contributed by atoms with E-state index < -0.39 is 23.9 Å². The lowest BCUT2D eigenvalue weighted by Crippen LogP contribution is -2.25. The van der Waals surface area contributed by atoms with Crippen LogP contribution in [0.15, 0.2) is 18.2 Å². The molecule has 1 rings (SSSR count). The first-order chi connectivity index (χ1) is 7.23. The Morgan fingerprint density at radius 2 is 1.94 bits per heavy atom. The highest BCUT2D eigenvalue weighted by Crippen LogP contribution is 2.34. The fraction of sp³-hybridized carbons (Fsp3) is 0.400. The summed E-state index contributed by atoms with van der Waals surface area (Å²) in [7, 11) is 0. The summed E-state index contributed by atoms with van der Waals surface area (Å²) < 4.78 is 37.2. The van der Waals surface area contributed by atoms with E-state index in [4.69, 9.17) is 17.3 Å². The Balaban J connectivity index is 3.19. The average molecular weight is 254 g/mol. The zero-order chi connectivity index (χ0) is 12.5. The molecule has 0 unspecified atom stereocenters. The van der Waals surface area contributed by atoms with Crippen LogP contribution in [0.25, 0.3) is 0 Å². The van der Waals surface area contributed by atoms with E-state index in [2.05, 4.69) is 0 Å². The monoisotopic (exact) mass is 253 g/mol. The van der Waals surface area contributed by atoms with Crippen LogP contribution in [0.1, 0.15) is 24.2 Å². The summed E-state index contributed by atoms with van der Waals surface area (Å²) in [4.78, 5) is 0. The van der Waals surface area contributed by atoms with Crippen molar-refractivity contribution in [2.75, 3.05) is 0 Å². The molecular formula is C10H11ClF3NO. The van der Waals surface area contributed by atoms with Crippen LogP contribution in [0.2, 0.25) is 5.02 Å². The molecule has 3 N–H and O–H groups in total. The van der Waals surface area contributed by atoms with Crippen molar-refractivity contribution in [3.8, 4) is 0 Å². The molecule has 0 bridgehead atoms. The van der Waals surface area contributed by atoms with Crippen molar-refractivity contribution < 1.29 is 18.3 Å². The first kappa shape index (κ1) is 13.3. The molecule has 16 heavy (non-hydrogen) atoms. The Kier molecular flexibility index (Phi) is 3.83. The van der Waals surface area contributed by atoms with Crippen molar-refractivity contribution in [2.24, 2.45) is 5.73 Å². The normalized spacial score (nSPS) is 15.9. The molecule has 90 valence electrons. The molecule has 0 saturated heterocycles. The molecular weight excluding hydrogens is 243 g/mol. The van der Waals surface area contributed by atoms with Crippen LogP contribution in [0.5, 0.6) is 0 Å². The molecule has 2 atom stereocenters. The van der Waals surface area contributed by atoms with Crippen molar-refractivity contribution in [2.45, 2.75) is 25.2 Å². The average Bonchev–Trinajstić information content (AvgIpc) is 2.15. The van der Waals surface area contributed by atoms with Gasteiger partial charge in [0, 0.05) is 16.6 Å². The first-order valence-electron chi connectivity index (χ1n) is 4.53. The smallest absolute Gasteiger partial charge is 0.387 e. The van der Waals surface area contributed by atoms with Gasteiger partial charge < -0.3 is 10.8 Å². The van der Waals surface area contributed by atoms with E-state index in [9.17, 15) is 18.3 Å². The molecule has 1 aromatic carbocycles. The van der Waals surface area contributed by atoms with Crippen molar-refractivity contribution in [1.82, 2.24) is 0 Å². The number of halogens is 4. The molecule has 0 aromatic heterocycles. The second-order valence-corrected chi connectivity index (χ2v) is 3.95. The highest BCUT2D eigenvalue weighted by atomic mass is 35.5. The second-order valence-electron chi connectivity index (χ2n) is 3.54. The van der Waals surface area contributed by atoms with Crippen molar-refractivity contribution in [3.63, 3.8) is 0 Å². The molecule has 0 heterocycles. The number of aliphatic hydroxyl groups excluding tert-OH is 1. The predicted molar refractivity (Wildman–Crippen MR) is 55.1 cm³/mol. The lowest BCUT2D eigenvalue weighted by atomic mass is 10.0. The van der Waals surface area contributed by atoms with Crippen LogP contribution >= 0.6 is 11.6 Å². The highest BCUT2D eigenvalue weighted by molar-refractivity contribution is 6.31. The number of nitrogens with two attached hydrogens (primary N) is 1. The van der Waals surface area contributed by atoms with Gasteiger partial charge in [0.25, 0.3) is 0 Å². The lowest BCUT2D eigenvalue weighted by molar-refractivity contribution is -0.137. The van der Waals surface area contributed by atoms with E-state index >= 15 is 0 Å². The zero-order valence-electron chi connectivity index (χ0n) is 8.42. The van der Waals surface area contributed by atoms with Crippen LogP contribution in [0.4, 0.5) is 13.2 Å². The summed E-state index contributed by atoms with van der Waals surface area (Å²) in [6.07, 6.45) is -5.67. The van der Waals surface area contributed by atoms with Crippen LogP contribution in [0, 0.1) is 0 Å². The molecule has 0 spiro atoms. The van der Waals surface area contributed by atoms with Crippen LogP contribution in [-0.2, 0) is 6.18 Å². The summed E-state index contributed by atoms with van der Waals surface area (Å²) in [6, 6.07) is 2.09. The minimum Gasteiger partial charge on any atom is -0.387 e. The molecule has 0 aliphatic rings. The lowest BCUT2D eigenvalue weighted by Gasteiger charge is -2.18. The molecule has 0 amide bonds. The van der Waals surface area contributed by atoms with Crippen molar-refractivity contribution in [1.29, 1.82) is 0 Å². The number of benzene rings is 1. The summed E-state index contributed by atoms with van der Waals surface area (Å²) in [5, 5.41) is 9.66. The Hall–Kier alpha value is -0.780. The maximum Gasteiger partial charge on any atom is 0.416 e. The van der Waals surface area contributed by atoms with Crippen LogP contribution in [0.3, 0.4) is 0 Å². The molecule has 2 nitrogen and oxygen atoms in total. The number of rotatable bonds is 2. The van der Waals surface area contributed by atoms with E-state index in [-0.39, 0.29) is 10.6 Å². The minimum atomic E-state index is -4.46. The van der Waals surface area contributed by atoms with Gasteiger partial charge in [0.2, 0.25) is 0 Å². The van der Waals surface area contributed by atoms with Gasteiger partial charge in [-0.1, -0.05) is 11.6 Å². The van der Waals surface area contributed by atoms with Crippen LogP contribution < -0.4 is 5.73 Å². The Morgan fingerprint density at radius 3 is 2.38 bits per heavy atom. The van der Waals surface area contributed by atoms with Gasteiger partial charge in [-0.15, -0.1) is 0 Å².